The number of nitrogens with one attached hydrogen (secondary N) is 1. The molecule has 6 heteroatoms. The third-order valence-corrected chi connectivity index (χ3v) is 4.00. The van der Waals surface area contributed by atoms with Crippen molar-refractivity contribution >= 4 is 5.91 Å². The lowest BCUT2D eigenvalue weighted by molar-refractivity contribution is 0.0669. The van der Waals surface area contributed by atoms with Crippen LogP contribution < -0.4 is 14.8 Å². The maximum atomic E-state index is 14.2. The summed E-state index contributed by atoms with van der Waals surface area (Å²) < 4.78 is 24.4. The van der Waals surface area contributed by atoms with Crippen molar-refractivity contribution in [2.24, 2.45) is 5.92 Å². The van der Waals surface area contributed by atoms with Gasteiger partial charge < -0.3 is 19.7 Å². The number of benzene rings is 1. The van der Waals surface area contributed by atoms with Crippen molar-refractivity contribution in [2.75, 3.05) is 40.9 Å². The van der Waals surface area contributed by atoms with E-state index in [0.717, 1.165) is 19.4 Å². The average molecular weight is 310 g/mol. The van der Waals surface area contributed by atoms with E-state index in [1.54, 1.807) is 4.90 Å². The molecule has 1 amide bonds. The van der Waals surface area contributed by atoms with Crippen molar-refractivity contribution in [3.05, 3.63) is 23.5 Å². The van der Waals surface area contributed by atoms with Crippen LogP contribution in [0.4, 0.5) is 4.39 Å². The highest BCUT2D eigenvalue weighted by Gasteiger charge is 2.27. The van der Waals surface area contributed by atoms with Crippen LogP contribution in [0.2, 0.25) is 0 Å². The van der Waals surface area contributed by atoms with Crippen molar-refractivity contribution in [3.63, 3.8) is 0 Å². The number of likely N-dealkylation sites (tertiary alicyclic amines) is 1. The van der Waals surface area contributed by atoms with Crippen molar-refractivity contribution in [1.29, 1.82) is 0 Å². The Kier molecular flexibility index (Phi) is 5.60. The van der Waals surface area contributed by atoms with Crippen molar-refractivity contribution < 1.29 is 18.7 Å². The number of methoxy groups -OCH3 is 2. The van der Waals surface area contributed by atoms with Gasteiger partial charge in [-0.25, -0.2) is 4.39 Å². The number of carbonyl (C=O) groups excluding carboxylic acids is 1. The van der Waals surface area contributed by atoms with Crippen LogP contribution in [-0.2, 0) is 0 Å². The number of carbonyl (C=O) groups is 1. The largest absolute Gasteiger partial charge is 0.493 e. The molecule has 1 heterocycles. The number of amides is 1. The Morgan fingerprint density at radius 2 is 2.05 bits per heavy atom. The SMILES string of the molecule is CNC[C@H]1CCCN(C(=O)c2cc(OC)c(OC)cc2F)C1. The van der Waals surface area contributed by atoms with Gasteiger partial charge in [0.25, 0.3) is 5.91 Å². The van der Waals surface area contributed by atoms with Crippen molar-refractivity contribution in [1.82, 2.24) is 10.2 Å². The number of hydrogen-bond donors (Lipinski definition) is 1. The first-order chi connectivity index (χ1) is 10.6. The molecule has 1 fully saturated rings. The highest BCUT2D eigenvalue weighted by molar-refractivity contribution is 5.95. The molecule has 1 saturated heterocycles. The predicted octanol–water partition coefficient (Wildman–Crippen LogP) is 1.91. The minimum absolute atomic E-state index is 0.0303. The third kappa shape index (κ3) is 3.50. The summed E-state index contributed by atoms with van der Waals surface area (Å²) >= 11 is 0. The highest BCUT2D eigenvalue weighted by Crippen LogP contribution is 2.31. The second kappa shape index (κ2) is 7.45. The molecule has 2 rings (SSSR count). The van der Waals surface area contributed by atoms with E-state index in [0.29, 0.717) is 24.8 Å². The minimum atomic E-state index is -0.585. The van der Waals surface area contributed by atoms with Crippen LogP contribution in [0.3, 0.4) is 0 Å². The molecule has 122 valence electrons. The lowest BCUT2D eigenvalue weighted by Crippen LogP contribution is -2.42. The summed E-state index contributed by atoms with van der Waals surface area (Å²) in [4.78, 5) is 14.3. The van der Waals surface area contributed by atoms with Gasteiger partial charge in [-0.15, -0.1) is 0 Å². The molecule has 1 aliphatic rings. The standard InChI is InChI=1S/C16H23FN2O3/c1-18-9-11-5-4-6-19(10-11)16(20)12-7-14(21-2)15(22-3)8-13(12)17/h7-8,11,18H,4-6,9-10H2,1-3H3/t11-/m1/s1. The second-order valence-electron chi connectivity index (χ2n) is 5.50. The fourth-order valence-corrected chi connectivity index (χ4v) is 2.89. The Bertz CT molecular complexity index is 534. The summed E-state index contributed by atoms with van der Waals surface area (Å²) in [5.74, 6) is 0.169. The van der Waals surface area contributed by atoms with E-state index in [9.17, 15) is 9.18 Å². The molecule has 5 nitrogen and oxygen atoms in total. The number of halogens is 1. The Morgan fingerprint density at radius 1 is 1.36 bits per heavy atom. The van der Waals surface area contributed by atoms with Crippen LogP contribution >= 0.6 is 0 Å². The maximum absolute atomic E-state index is 14.2. The van der Waals surface area contributed by atoms with E-state index >= 15 is 0 Å². The Balaban J connectivity index is 2.21. The van der Waals surface area contributed by atoms with E-state index in [1.807, 2.05) is 7.05 Å². The van der Waals surface area contributed by atoms with Crippen LogP contribution in [0.1, 0.15) is 23.2 Å². The molecular weight excluding hydrogens is 287 g/mol. The highest BCUT2D eigenvalue weighted by atomic mass is 19.1. The summed E-state index contributed by atoms with van der Waals surface area (Å²) in [6, 6.07) is 2.61. The quantitative estimate of drug-likeness (QED) is 0.903. The molecule has 1 atom stereocenters. The molecule has 22 heavy (non-hydrogen) atoms. The summed E-state index contributed by atoms with van der Waals surface area (Å²) in [7, 11) is 4.80. The lowest BCUT2D eigenvalue weighted by atomic mass is 9.97. The van der Waals surface area contributed by atoms with E-state index in [1.165, 1.54) is 26.4 Å². The fourth-order valence-electron chi connectivity index (χ4n) is 2.89. The minimum Gasteiger partial charge on any atom is -0.493 e. The van der Waals surface area contributed by atoms with Crippen molar-refractivity contribution in [2.45, 2.75) is 12.8 Å². The van der Waals surface area contributed by atoms with Gasteiger partial charge in [-0.05, 0) is 38.4 Å². The predicted molar refractivity (Wildman–Crippen MR) is 82.1 cm³/mol. The van der Waals surface area contributed by atoms with Crippen LogP contribution in [0.5, 0.6) is 11.5 Å². The van der Waals surface area contributed by atoms with Gasteiger partial charge in [-0.3, -0.25) is 4.79 Å². The fraction of sp³-hybridized carbons (Fsp3) is 0.562. The molecule has 1 aromatic rings. The van der Waals surface area contributed by atoms with E-state index in [4.69, 9.17) is 9.47 Å². The molecule has 1 aromatic carbocycles. The van der Waals surface area contributed by atoms with Crippen LogP contribution in [0.15, 0.2) is 12.1 Å². The number of rotatable bonds is 5. The summed E-state index contributed by atoms with van der Waals surface area (Å²) in [5.41, 5.74) is 0.0303. The van der Waals surface area contributed by atoms with Crippen LogP contribution in [0, 0.1) is 11.7 Å². The molecule has 0 aromatic heterocycles. The maximum Gasteiger partial charge on any atom is 0.256 e. The van der Waals surface area contributed by atoms with Crippen LogP contribution in [0.25, 0.3) is 0 Å². The second-order valence-corrected chi connectivity index (χ2v) is 5.50. The average Bonchev–Trinajstić information content (AvgIpc) is 2.54. The lowest BCUT2D eigenvalue weighted by Gasteiger charge is -2.33. The molecule has 0 unspecified atom stereocenters. The summed E-state index contributed by atoms with van der Waals surface area (Å²) in [6.07, 6.45) is 2.02. The molecular formula is C16H23FN2O3. The van der Waals surface area contributed by atoms with Gasteiger partial charge in [-0.1, -0.05) is 0 Å². The Morgan fingerprint density at radius 3 is 2.68 bits per heavy atom. The summed E-state index contributed by atoms with van der Waals surface area (Å²) in [5, 5.41) is 3.13. The van der Waals surface area contributed by atoms with E-state index < -0.39 is 5.82 Å². The molecule has 0 bridgehead atoms. The van der Waals surface area contributed by atoms with Gasteiger partial charge in [-0.2, -0.15) is 0 Å². The Hall–Kier alpha value is -1.82. The van der Waals surface area contributed by atoms with Gasteiger partial charge in [0.2, 0.25) is 0 Å². The molecule has 1 aliphatic heterocycles. The zero-order chi connectivity index (χ0) is 16.1. The van der Waals surface area contributed by atoms with Gasteiger partial charge >= 0.3 is 0 Å². The normalized spacial score (nSPS) is 18.2. The third-order valence-electron chi connectivity index (χ3n) is 4.00. The van der Waals surface area contributed by atoms with Gasteiger partial charge in [0, 0.05) is 19.2 Å². The van der Waals surface area contributed by atoms with Crippen molar-refractivity contribution in [3.8, 4) is 11.5 Å². The number of hydrogen-bond acceptors (Lipinski definition) is 4. The Labute approximate surface area is 130 Å². The topological polar surface area (TPSA) is 50.8 Å². The first kappa shape index (κ1) is 16.5. The van der Waals surface area contributed by atoms with Gasteiger partial charge in [0.05, 0.1) is 19.8 Å². The van der Waals surface area contributed by atoms with Gasteiger partial charge in [0.15, 0.2) is 11.5 Å². The zero-order valence-electron chi connectivity index (χ0n) is 13.3. The molecule has 1 N–H and O–H groups in total. The van der Waals surface area contributed by atoms with Gasteiger partial charge in [0.1, 0.15) is 5.82 Å². The summed E-state index contributed by atoms with van der Waals surface area (Å²) in [6.45, 7) is 2.17. The van der Waals surface area contributed by atoms with Crippen LogP contribution in [-0.4, -0.2) is 51.7 Å². The number of piperidine rings is 1. The first-order valence-corrected chi connectivity index (χ1v) is 7.46. The first-order valence-electron chi connectivity index (χ1n) is 7.46. The van der Waals surface area contributed by atoms with E-state index in [-0.39, 0.29) is 17.2 Å². The molecule has 0 saturated carbocycles. The van der Waals surface area contributed by atoms with E-state index in [2.05, 4.69) is 5.32 Å². The smallest absolute Gasteiger partial charge is 0.256 e. The molecule has 0 spiro atoms. The molecule has 0 aliphatic carbocycles. The molecule has 0 radical (unpaired) electrons. The zero-order valence-corrected chi connectivity index (χ0v) is 13.3. The number of ether oxygens (including phenoxy) is 2. The number of nitrogens with zero attached hydrogens (tertiary/aromatic N) is 1. The monoisotopic (exact) mass is 310 g/mol.